The van der Waals surface area contributed by atoms with Crippen LogP contribution in [-0.4, -0.2) is 15.9 Å². The quantitative estimate of drug-likeness (QED) is 0.895. The first-order chi connectivity index (χ1) is 9.47. The summed E-state index contributed by atoms with van der Waals surface area (Å²) in [5.41, 5.74) is 0.857. The SMILES string of the molecule is CC(C)c1ncc(Cl)c(C(=O)Nc2cccc(Br)c2)n1. The molecule has 0 unspecified atom stereocenters. The summed E-state index contributed by atoms with van der Waals surface area (Å²) < 4.78 is 0.881. The van der Waals surface area contributed by atoms with Crippen molar-refractivity contribution in [2.75, 3.05) is 5.32 Å². The molecule has 0 spiro atoms. The van der Waals surface area contributed by atoms with Gasteiger partial charge in [-0.3, -0.25) is 4.79 Å². The molecule has 0 aliphatic carbocycles. The number of nitrogens with one attached hydrogen (secondary N) is 1. The number of benzene rings is 1. The number of amides is 1. The molecule has 0 aliphatic rings. The maximum Gasteiger partial charge on any atom is 0.275 e. The number of carbonyl (C=O) groups is 1. The van der Waals surface area contributed by atoms with Crippen molar-refractivity contribution in [1.29, 1.82) is 0 Å². The fraction of sp³-hybridized carbons (Fsp3) is 0.214. The van der Waals surface area contributed by atoms with Gasteiger partial charge in [0.25, 0.3) is 5.91 Å². The minimum absolute atomic E-state index is 0.129. The average Bonchev–Trinajstić information content (AvgIpc) is 2.38. The molecular weight excluding hydrogens is 342 g/mol. The molecular formula is C14H13BrClN3O. The zero-order chi connectivity index (χ0) is 14.7. The third-order valence-corrected chi connectivity index (χ3v) is 3.35. The topological polar surface area (TPSA) is 54.9 Å². The Labute approximate surface area is 130 Å². The third kappa shape index (κ3) is 3.55. The van der Waals surface area contributed by atoms with Crippen molar-refractivity contribution in [3.63, 3.8) is 0 Å². The number of rotatable bonds is 3. The van der Waals surface area contributed by atoms with Gasteiger partial charge in [0.1, 0.15) is 5.82 Å². The summed E-state index contributed by atoms with van der Waals surface area (Å²) in [6.07, 6.45) is 1.46. The fourth-order valence-electron chi connectivity index (χ4n) is 1.57. The summed E-state index contributed by atoms with van der Waals surface area (Å²) in [5, 5.41) is 3.00. The van der Waals surface area contributed by atoms with E-state index in [0.29, 0.717) is 11.5 Å². The van der Waals surface area contributed by atoms with Gasteiger partial charge in [-0.25, -0.2) is 9.97 Å². The molecule has 0 saturated carbocycles. The lowest BCUT2D eigenvalue weighted by molar-refractivity contribution is 0.102. The third-order valence-electron chi connectivity index (χ3n) is 2.58. The second-order valence-electron chi connectivity index (χ2n) is 4.54. The minimum atomic E-state index is -0.350. The largest absolute Gasteiger partial charge is 0.321 e. The van der Waals surface area contributed by atoms with Crippen LogP contribution >= 0.6 is 27.5 Å². The first-order valence-corrected chi connectivity index (χ1v) is 7.24. The molecule has 2 rings (SSSR count). The van der Waals surface area contributed by atoms with Crippen LogP contribution in [0, 0.1) is 0 Å². The van der Waals surface area contributed by atoms with Gasteiger partial charge in [-0.15, -0.1) is 0 Å². The van der Waals surface area contributed by atoms with Crippen LogP contribution < -0.4 is 5.32 Å². The summed E-state index contributed by atoms with van der Waals surface area (Å²) in [7, 11) is 0. The van der Waals surface area contributed by atoms with Gasteiger partial charge in [-0.1, -0.05) is 47.4 Å². The molecule has 1 amide bonds. The Kier molecular flexibility index (Phi) is 4.73. The van der Waals surface area contributed by atoms with Crippen LogP contribution in [-0.2, 0) is 0 Å². The molecule has 0 radical (unpaired) electrons. The van der Waals surface area contributed by atoms with Gasteiger partial charge in [0.2, 0.25) is 0 Å². The molecule has 2 aromatic rings. The zero-order valence-electron chi connectivity index (χ0n) is 11.0. The summed E-state index contributed by atoms with van der Waals surface area (Å²) in [4.78, 5) is 20.6. The van der Waals surface area contributed by atoms with Crippen LogP contribution in [0.25, 0.3) is 0 Å². The molecule has 0 aliphatic heterocycles. The van der Waals surface area contributed by atoms with E-state index in [9.17, 15) is 4.79 Å². The lowest BCUT2D eigenvalue weighted by Crippen LogP contribution is -2.16. The van der Waals surface area contributed by atoms with E-state index in [2.05, 4.69) is 31.2 Å². The van der Waals surface area contributed by atoms with Crippen molar-refractivity contribution in [3.8, 4) is 0 Å². The normalized spacial score (nSPS) is 10.7. The van der Waals surface area contributed by atoms with Gasteiger partial charge in [0.15, 0.2) is 5.69 Å². The van der Waals surface area contributed by atoms with Crippen LogP contribution in [0.1, 0.15) is 36.1 Å². The van der Waals surface area contributed by atoms with E-state index in [4.69, 9.17) is 11.6 Å². The van der Waals surface area contributed by atoms with Gasteiger partial charge < -0.3 is 5.32 Å². The highest BCUT2D eigenvalue weighted by Crippen LogP contribution is 2.19. The Morgan fingerprint density at radius 1 is 1.40 bits per heavy atom. The predicted octanol–water partition coefficient (Wildman–Crippen LogP) is 4.27. The van der Waals surface area contributed by atoms with Crippen LogP contribution in [0.5, 0.6) is 0 Å². The van der Waals surface area contributed by atoms with Gasteiger partial charge in [-0.2, -0.15) is 0 Å². The molecule has 0 saturated heterocycles. The van der Waals surface area contributed by atoms with Gasteiger partial charge >= 0.3 is 0 Å². The molecule has 1 aromatic carbocycles. The van der Waals surface area contributed by atoms with E-state index in [1.165, 1.54) is 6.20 Å². The van der Waals surface area contributed by atoms with Crippen LogP contribution in [0.2, 0.25) is 5.02 Å². The number of hydrogen-bond acceptors (Lipinski definition) is 3. The highest BCUT2D eigenvalue weighted by molar-refractivity contribution is 9.10. The Bertz CT molecular complexity index is 646. The zero-order valence-corrected chi connectivity index (χ0v) is 13.4. The average molecular weight is 355 g/mol. The standard InChI is InChI=1S/C14H13BrClN3O/c1-8(2)13-17-7-11(16)12(19-13)14(20)18-10-5-3-4-9(15)6-10/h3-8H,1-2H3,(H,18,20). The number of anilines is 1. The Balaban J connectivity index is 2.27. The number of aromatic nitrogens is 2. The van der Waals surface area contributed by atoms with Crippen LogP contribution in [0.4, 0.5) is 5.69 Å². The monoisotopic (exact) mass is 353 g/mol. The molecule has 1 aromatic heterocycles. The smallest absolute Gasteiger partial charge is 0.275 e. The summed E-state index contributed by atoms with van der Waals surface area (Å²) >= 11 is 9.35. The second kappa shape index (κ2) is 6.33. The van der Waals surface area contributed by atoms with E-state index in [0.717, 1.165) is 4.47 Å². The van der Waals surface area contributed by atoms with Crippen molar-refractivity contribution in [1.82, 2.24) is 9.97 Å². The number of nitrogens with zero attached hydrogens (tertiary/aromatic N) is 2. The minimum Gasteiger partial charge on any atom is -0.321 e. The molecule has 0 bridgehead atoms. The first-order valence-electron chi connectivity index (χ1n) is 6.06. The Morgan fingerprint density at radius 2 is 2.15 bits per heavy atom. The van der Waals surface area contributed by atoms with E-state index >= 15 is 0 Å². The Morgan fingerprint density at radius 3 is 2.80 bits per heavy atom. The molecule has 104 valence electrons. The maximum absolute atomic E-state index is 12.2. The fourth-order valence-corrected chi connectivity index (χ4v) is 2.15. The van der Waals surface area contributed by atoms with Crippen LogP contribution in [0.15, 0.2) is 34.9 Å². The van der Waals surface area contributed by atoms with Crippen molar-refractivity contribution in [2.45, 2.75) is 19.8 Å². The maximum atomic E-state index is 12.2. The molecule has 0 fully saturated rings. The highest BCUT2D eigenvalue weighted by atomic mass is 79.9. The molecule has 4 nitrogen and oxygen atoms in total. The van der Waals surface area contributed by atoms with E-state index in [-0.39, 0.29) is 22.5 Å². The van der Waals surface area contributed by atoms with Crippen molar-refractivity contribution in [2.24, 2.45) is 0 Å². The van der Waals surface area contributed by atoms with Crippen molar-refractivity contribution in [3.05, 3.63) is 51.5 Å². The second-order valence-corrected chi connectivity index (χ2v) is 5.87. The lowest BCUT2D eigenvalue weighted by Gasteiger charge is -2.09. The van der Waals surface area contributed by atoms with Gasteiger partial charge in [0, 0.05) is 16.1 Å². The van der Waals surface area contributed by atoms with Gasteiger partial charge in [0.05, 0.1) is 11.2 Å². The first kappa shape index (κ1) is 14.9. The van der Waals surface area contributed by atoms with E-state index in [1.807, 2.05) is 26.0 Å². The summed E-state index contributed by atoms with van der Waals surface area (Å²) in [6.45, 7) is 3.92. The number of halogens is 2. The summed E-state index contributed by atoms with van der Waals surface area (Å²) in [6, 6.07) is 7.31. The van der Waals surface area contributed by atoms with Crippen molar-refractivity contribution >= 4 is 39.1 Å². The van der Waals surface area contributed by atoms with Crippen LogP contribution in [0.3, 0.4) is 0 Å². The molecule has 20 heavy (non-hydrogen) atoms. The predicted molar refractivity (Wildman–Crippen MR) is 83.2 cm³/mol. The van der Waals surface area contributed by atoms with E-state index < -0.39 is 0 Å². The molecule has 1 heterocycles. The lowest BCUT2D eigenvalue weighted by atomic mass is 10.2. The molecule has 0 atom stereocenters. The van der Waals surface area contributed by atoms with Gasteiger partial charge in [-0.05, 0) is 18.2 Å². The summed E-state index contributed by atoms with van der Waals surface area (Å²) in [5.74, 6) is 0.371. The Hall–Kier alpha value is -1.46. The number of hydrogen-bond donors (Lipinski definition) is 1. The van der Waals surface area contributed by atoms with E-state index in [1.54, 1.807) is 12.1 Å². The molecule has 6 heteroatoms. The van der Waals surface area contributed by atoms with Crippen molar-refractivity contribution < 1.29 is 4.79 Å². The number of carbonyl (C=O) groups excluding carboxylic acids is 1. The molecule has 1 N–H and O–H groups in total. The highest BCUT2D eigenvalue weighted by Gasteiger charge is 2.15.